The zero-order chi connectivity index (χ0) is 42.8. The Kier molecular flexibility index (Phi) is 12.4. The summed E-state index contributed by atoms with van der Waals surface area (Å²) in [4.78, 5) is 29.3. The molecule has 0 amide bonds. The quantitative estimate of drug-likeness (QED) is 0.0669. The van der Waals surface area contributed by atoms with Crippen molar-refractivity contribution in [2.24, 2.45) is 11.8 Å². The summed E-state index contributed by atoms with van der Waals surface area (Å²) in [5.74, 6) is 1.45. The monoisotopic (exact) mass is 820 g/mol. The molecule has 3 aliphatic carbocycles. The molecule has 3 aliphatic rings. The maximum Gasteiger partial charge on any atom is 0.200 e. The molecule has 8 rings (SSSR count). The van der Waals surface area contributed by atoms with E-state index in [4.69, 9.17) is 15.2 Å². The SMILES string of the molecule is CCCC1CCC(c2ccc(Oc3cc(N)c4c(c3O)C(=O)c3c(Nc5ccc(C(C)C)cc5)cc(Oc5ccc(C6CCC(CCC)CC6)cc5)c(O)c3C4=O)cc2)CC1. The molecule has 0 unspecified atom stereocenters. The molecule has 5 N–H and O–H groups in total. The van der Waals surface area contributed by atoms with Gasteiger partial charge in [-0.2, -0.15) is 0 Å². The minimum absolute atomic E-state index is 0.00216. The fraction of sp³-hybridized carbons (Fsp3) is 0.396. The van der Waals surface area contributed by atoms with Crippen LogP contribution in [-0.4, -0.2) is 21.8 Å². The molecule has 0 radical (unpaired) electrons. The lowest BCUT2D eigenvalue weighted by Crippen LogP contribution is -2.24. The largest absolute Gasteiger partial charge is 0.504 e. The van der Waals surface area contributed by atoms with Crippen LogP contribution in [0.25, 0.3) is 0 Å². The Morgan fingerprint density at radius 1 is 0.607 bits per heavy atom. The molecule has 61 heavy (non-hydrogen) atoms. The summed E-state index contributed by atoms with van der Waals surface area (Å²) < 4.78 is 12.5. The zero-order valence-corrected chi connectivity index (χ0v) is 36.1. The van der Waals surface area contributed by atoms with Crippen molar-refractivity contribution in [2.75, 3.05) is 11.1 Å². The van der Waals surface area contributed by atoms with Crippen LogP contribution < -0.4 is 20.5 Å². The van der Waals surface area contributed by atoms with Gasteiger partial charge in [-0.25, -0.2) is 0 Å². The van der Waals surface area contributed by atoms with Crippen molar-refractivity contribution in [3.63, 3.8) is 0 Å². The first kappa shape index (κ1) is 42.0. The minimum Gasteiger partial charge on any atom is -0.504 e. The van der Waals surface area contributed by atoms with Gasteiger partial charge in [-0.05, 0) is 134 Å². The zero-order valence-electron chi connectivity index (χ0n) is 36.1. The van der Waals surface area contributed by atoms with E-state index in [0.29, 0.717) is 34.9 Å². The van der Waals surface area contributed by atoms with E-state index in [-0.39, 0.29) is 45.1 Å². The molecular formula is C53H60N2O6. The summed E-state index contributed by atoms with van der Waals surface area (Å²) >= 11 is 0. The van der Waals surface area contributed by atoms with E-state index in [1.54, 1.807) is 0 Å². The highest BCUT2D eigenvalue weighted by atomic mass is 16.5. The van der Waals surface area contributed by atoms with Gasteiger partial charge in [0, 0.05) is 23.5 Å². The van der Waals surface area contributed by atoms with Gasteiger partial charge in [0.1, 0.15) is 11.5 Å². The van der Waals surface area contributed by atoms with E-state index in [2.05, 4.69) is 57.3 Å². The minimum atomic E-state index is -0.711. The van der Waals surface area contributed by atoms with Crippen LogP contribution in [0.2, 0.25) is 0 Å². The van der Waals surface area contributed by atoms with Gasteiger partial charge in [-0.15, -0.1) is 0 Å². The van der Waals surface area contributed by atoms with Crippen molar-refractivity contribution < 1.29 is 29.3 Å². The van der Waals surface area contributed by atoms with Crippen molar-refractivity contribution >= 4 is 28.6 Å². The predicted octanol–water partition coefficient (Wildman–Crippen LogP) is 14.1. The van der Waals surface area contributed by atoms with Crippen molar-refractivity contribution in [3.8, 4) is 34.5 Å². The third-order valence-corrected chi connectivity index (χ3v) is 13.6. The molecule has 0 spiro atoms. The number of ether oxygens (including phenoxy) is 2. The summed E-state index contributed by atoms with van der Waals surface area (Å²) in [6.07, 6.45) is 14.7. The first-order valence-corrected chi connectivity index (χ1v) is 22.6. The number of carbonyl (C=O) groups excluding carboxylic acids is 2. The second-order valence-corrected chi connectivity index (χ2v) is 18.0. The lowest BCUT2D eigenvalue weighted by Gasteiger charge is -2.28. The van der Waals surface area contributed by atoms with Crippen LogP contribution in [0.15, 0.2) is 84.9 Å². The molecule has 2 fully saturated rings. The van der Waals surface area contributed by atoms with E-state index in [0.717, 1.165) is 17.4 Å². The molecule has 318 valence electrons. The van der Waals surface area contributed by atoms with Crippen LogP contribution in [0, 0.1) is 11.8 Å². The highest BCUT2D eigenvalue weighted by molar-refractivity contribution is 6.34. The smallest absolute Gasteiger partial charge is 0.200 e. The van der Waals surface area contributed by atoms with E-state index in [9.17, 15) is 19.8 Å². The van der Waals surface area contributed by atoms with Crippen molar-refractivity contribution in [1.82, 2.24) is 0 Å². The number of nitrogens with two attached hydrogens (primary N) is 1. The fourth-order valence-electron chi connectivity index (χ4n) is 10.1. The maximum atomic E-state index is 14.7. The third kappa shape index (κ3) is 8.73. The lowest BCUT2D eigenvalue weighted by molar-refractivity contribution is 0.0974. The number of aromatic hydroxyl groups is 2. The molecule has 5 aromatic rings. The highest BCUT2D eigenvalue weighted by Crippen LogP contribution is 2.50. The number of nitrogen functional groups attached to an aromatic ring is 1. The van der Waals surface area contributed by atoms with Gasteiger partial charge in [0.05, 0.1) is 27.9 Å². The van der Waals surface area contributed by atoms with Crippen LogP contribution in [0.3, 0.4) is 0 Å². The molecule has 0 bridgehead atoms. The number of hydrogen-bond donors (Lipinski definition) is 4. The molecule has 0 heterocycles. The maximum absolute atomic E-state index is 14.7. The van der Waals surface area contributed by atoms with Crippen molar-refractivity contribution in [3.05, 3.63) is 124 Å². The molecule has 0 atom stereocenters. The Hall–Kier alpha value is -5.76. The molecule has 5 aromatic carbocycles. The second kappa shape index (κ2) is 18.1. The van der Waals surface area contributed by atoms with E-state index < -0.39 is 23.1 Å². The van der Waals surface area contributed by atoms with E-state index in [1.807, 2.05) is 48.5 Å². The van der Waals surface area contributed by atoms with E-state index >= 15 is 0 Å². The van der Waals surface area contributed by atoms with Crippen LogP contribution in [0.4, 0.5) is 17.1 Å². The van der Waals surface area contributed by atoms with Crippen LogP contribution >= 0.6 is 0 Å². The number of phenolic OH excluding ortho intramolecular Hbond substituents is 2. The first-order chi connectivity index (χ1) is 29.5. The average molecular weight is 821 g/mol. The van der Waals surface area contributed by atoms with Gasteiger partial charge in [0.15, 0.2) is 23.0 Å². The Bertz CT molecular complexity index is 2370. The van der Waals surface area contributed by atoms with Gasteiger partial charge in [-0.3, -0.25) is 9.59 Å². The standard InChI is InChI=1S/C53H60N2O6/c1-5-7-32-9-13-35(14-10-32)37-19-25-40(26-20-37)60-44-29-42(54)46-48(50(44)56)53(59)47-43(55-39-23-17-34(18-24-39)31(3)4)30-45(51(57)49(47)52(46)58)61-41-27-21-38(22-28-41)36-15-11-33(8-6-2)12-16-36/h17-33,35-36,55-57H,5-16,54H2,1-4H3. The fourth-order valence-corrected chi connectivity index (χ4v) is 10.1. The number of carbonyl (C=O) groups is 2. The summed E-state index contributed by atoms with van der Waals surface area (Å²) in [5, 5.41) is 26.9. The van der Waals surface area contributed by atoms with Gasteiger partial charge in [-0.1, -0.05) is 89.8 Å². The Labute approximate surface area is 360 Å². The van der Waals surface area contributed by atoms with E-state index in [1.165, 1.54) is 100 Å². The number of hydrogen-bond acceptors (Lipinski definition) is 8. The van der Waals surface area contributed by atoms with Crippen LogP contribution in [0.5, 0.6) is 34.5 Å². The molecule has 8 heteroatoms. The molecule has 2 saturated carbocycles. The van der Waals surface area contributed by atoms with Gasteiger partial charge >= 0.3 is 0 Å². The average Bonchev–Trinajstić information content (AvgIpc) is 3.26. The number of nitrogens with one attached hydrogen (secondary N) is 1. The topological polar surface area (TPSA) is 131 Å². The van der Waals surface area contributed by atoms with Gasteiger partial charge in [0.2, 0.25) is 11.6 Å². The molecule has 0 aliphatic heterocycles. The molecule has 0 saturated heterocycles. The van der Waals surface area contributed by atoms with Gasteiger partial charge in [0.25, 0.3) is 0 Å². The highest BCUT2D eigenvalue weighted by Gasteiger charge is 2.40. The van der Waals surface area contributed by atoms with Gasteiger partial charge < -0.3 is 30.7 Å². The number of benzene rings is 5. The van der Waals surface area contributed by atoms with Crippen molar-refractivity contribution in [1.29, 1.82) is 0 Å². The first-order valence-electron chi connectivity index (χ1n) is 22.6. The summed E-state index contributed by atoms with van der Waals surface area (Å²) in [5.41, 5.74) is 10.2. The normalized spacial score (nSPS) is 20.0. The number of rotatable bonds is 13. The summed E-state index contributed by atoms with van der Waals surface area (Å²) in [6, 6.07) is 26.5. The predicted molar refractivity (Wildman–Crippen MR) is 244 cm³/mol. The van der Waals surface area contributed by atoms with Crippen LogP contribution in [0.1, 0.15) is 171 Å². The summed E-state index contributed by atoms with van der Waals surface area (Å²) in [6.45, 7) is 8.73. The Morgan fingerprint density at radius 2 is 1.05 bits per heavy atom. The number of phenols is 2. The lowest BCUT2D eigenvalue weighted by atomic mass is 9.77. The second-order valence-electron chi connectivity index (χ2n) is 18.0. The molecular weight excluding hydrogens is 761 g/mol. The Balaban J connectivity index is 1.10. The van der Waals surface area contributed by atoms with Crippen LogP contribution in [-0.2, 0) is 0 Å². The molecule has 0 aromatic heterocycles. The Morgan fingerprint density at radius 3 is 1.51 bits per heavy atom. The summed E-state index contributed by atoms with van der Waals surface area (Å²) in [7, 11) is 0. The van der Waals surface area contributed by atoms with Crippen molar-refractivity contribution in [2.45, 2.75) is 122 Å². The third-order valence-electron chi connectivity index (χ3n) is 13.6. The number of fused-ring (bicyclic) bond motifs is 2. The number of anilines is 3. The number of ketones is 2. The molecule has 8 nitrogen and oxygen atoms in total.